The molecule has 0 unspecified atom stereocenters. The smallest absolute Gasteiger partial charge is 0.103 e. The van der Waals surface area contributed by atoms with Crippen LogP contribution in [0.3, 0.4) is 0 Å². The third kappa shape index (κ3) is 4.31. The van der Waals surface area contributed by atoms with Crippen LogP contribution in [0, 0.1) is 6.92 Å². The summed E-state index contributed by atoms with van der Waals surface area (Å²) < 4.78 is 0. The Bertz CT molecular complexity index is 603. The SMILES string of the molecule is CCc1nc(CSc2cccc(C)c2)sc1CNC1CC1. The number of thioether (sulfide) groups is 1. The molecule has 1 heterocycles. The van der Waals surface area contributed by atoms with Crippen molar-refractivity contribution in [1.82, 2.24) is 10.3 Å². The molecule has 2 nitrogen and oxygen atoms in total. The summed E-state index contributed by atoms with van der Waals surface area (Å²) in [5.41, 5.74) is 2.61. The molecule has 3 rings (SSSR count). The van der Waals surface area contributed by atoms with Crippen LogP contribution in [0.4, 0.5) is 0 Å². The van der Waals surface area contributed by atoms with Crippen LogP contribution in [0.25, 0.3) is 0 Å². The van der Waals surface area contributed by atoms with E-state index in [4.69, 9.17) is 4.98 Å². The summed E-state index contributed by atoms with van der Waals surface area (Å²) in [6.07, 6.45) is 3.72. The van der Waals surface area contributed by atoms with E-state index in [2.05, 4.69) is 43.4 Å². The molecule has 0 aliphatic heterocycles. The lowest BCUT2D eigenvalue weighted by atomic mass is 10.2. The van der Waals surface area contributed by atoms with E-state index in [-0.39, 0.29) is 0 Å². The van der Waals surface area contributed by atoms with E-state index < -0.39 is 0 Å². The molecule has 1 aliphatic carbocycles. The van der Waals surface area contributed by atoms with Gasteiger partial charge in [0.05, 0.1) is 11.4 Å². The first kappa shape index (κ1) is 15.1. The van der Waals surface area contributed by atoms with Crippen molar-refractivity contribution in [1.29, 1.82) is 0 Å². The predicted molar refractivity (Wildman–Crippen MR) is 92.1 cm³/mol. The fourth-order valence-corrected chi connectivity index (χ4v) is 4.40. The number of hydrogen-bond acceptors (Lipinski definition) is 4. The predicted octanol–water partition coefficient (Wildman–Crippen LogP) is 4.56. The molecule has 112 valence electrons. The topological polar surface area (TPSA) is 24.9 Å². The van der Waals surface area contributed by atoms with Gasteiger partial charge in [-0.25, -0.2) is 4.98 Å². The van der Waals surface area contributed by atoms with Gasteiger partial charge in [-0.1, -0.05) is 24.6 Å². The molecule has 1 aromatic heterocycles. The number of thiazole rings is 1. The Morgan fingerprint density at radius 2 is 2.24 bits per heavy atom. The summed E-state index contributed by atoms with van der Waals surface area (Å²) in [5.74, 6) is 0.977. The zero-order chi connectivity index (χ0) is 14.7. The first-order valence-corrected chi connectivity index (χ1v) is 9.45. The average molecular weight is 319 g/mol. The van der Waals surface area contributed by atoms with Crippen molar-refractivity contribution in [3.63, 3.8) is 0 Å². The van der Waals surface area contributed by atoms with Gasteiger partial charge in [-0.05, 0) is 38.3 Å². The lowest BCUT2D eigenvalue weighted by Crippen LogP contribution is -2.15. The van der Waals surface area contributed by atoms with Gasteiger partial charge >= 0.3 is 0 Å². The van der Waals surface area contributed by atoms with E-state index in [0.717, 1.165) is 24.8 Å². The van der Waals surface area contributed by atoms with E-state index in [1.54, 1.807) is 0 Å². The van der Waals surface area contributed by atoms with Crippen LogP contribution in [0.15, 0.2) is 29.2 Å². The molecule has 21 heavy (non-hydrogen) atoms. The largest absolute Gasteiger partial charge is 0.309 e. The summed E-state index contributed by atoms with van der Waals surface area (Å²) in [7, 11) is 0. The normalized spacial score (nSPS) is 14.6. The Kier molecular flexibility index (Phi) is 4.99. The molecule has 4 heteroatoms. The van der Waals surface area contributed by atoms with Crippen molar-refractivity contribution < 1.29 is 0 Å². The van der Waals surface area contributed by atoms with E-state index in [9.17, 15) is 0 Å². The average Bonchev–Trinajstić information content (AvgIpc) is 3.23. The number of nitrogens with zero attached hydrogens (tertiary/aromatic N) is 1. The maximum Gasteiger partial charge on any atom is 0.103 e. The highest BCUT2D eigenvalue weighted by atomic mass is 32.2. The lowest BCUT2D eigenvalue weighted by molar-refractivity contribution is 0.689. The zero-order valence-electron chi connectivity index (χ0n) is 12.7. The summed E-state index contributed by atoms with van der Waals surface area (Å²) in [4.78, 5) is 7.59. The molecule has 1 N–H and O–H groups in total. The van der Waals surface area contributed by atoms with E-state index in [0.29, 0.717) is 0 Å². The molecule has 1 aliphatic rings. The molecule has 0 atom stereocenters. The second-order valence-corrected chi connectivity index (χ2v) is 7.81. The minimum absolute atomic E-state index is 0.766. The first-order valence-electron chi connectivity index (χ1n) is 7.65. The van der Waals surface area contributed by atoms with Crippen molar-refractivity contribution in [2.24, 2.45) is 0 Å². The molecule has 2 aromatic rings. The highest BCUT2D eigenvalue weighted by molar-refractivity contribution is 7.98. The summed E-state index contributed by atoms with van der Waals surface area (Å²) >= 11 is 3.77. The monoisotopic (exact) mass is 318 g/mol. The second-order valence-electron chi connectivity index (χ2n) is 5.59. The Morgan fingerprint density at radius 3 is 2.95 bits per heavy atom. The number of benzene rings is 1. The lowest BCUT2D eigenvalue weighted by Gasteiger charge is -2.01. The quantitative estimate of drug-likeness (QED) is 0.758. The second kappa shape index (κ2) is 6.95. The molecule has 0 spiro atoms. The van der Waals surface area contributed by atoms with Crippen LogP contribution in [0.5, 0.6) is 0 Å². The molecular formula is C17H22N2S2. The molecule has 1 fully saturated rings. The summed E-state index contributed by atoms with van der Waals surface area (Å²) in [6.45, 7) is 5.35. The van der Waals surface area contributed by atoms with Gasteiger partial charge in [-0.15, -0.1) is 23.1 Å². The van der Waals surface area contributed by atoms with Crippen molar-refractivity contribution in [2.45, 2.75) is 56.3 Å². The van der Waals surface area contributed by atoms with Gasteiger partial charge in [0.15, 0.2) is 0 Å². The molecule has 0 bridgehead atoms. The van der Waals surface area contributed by atoms with Crippen LogP contribution in [-0.4, -0.2) is 11.0 Å². The number of rotatable bonds is 7. The molecular weight excluding hydrogens is 296 g/mol. The molecule has 0 radical (unpaired) electrons. The molecule has 0 amide bonds. The Balaban J connectivity index is 1.61. The van der Waals surface area contributed by atoms with Crippen LogP contribution >= 0.6 is 23.1 Å². The number of aryl methyl sites for hydroxylation is 2. The van der Waals surface area contributed by atoms with Crippen LogP contribution < -0.4 is 5.32 Å². The minimum Gasteiger partial charge on any atom is -0.309 e. The first-order chi connectivity index (χ1) is 10.2. The van der Waals surface area contributed by atoms with Crippen LogP contribution in [-0.2, 0) is 18.7 Å². The third-order valence-corrected chi connectivity index (χ3v) is 5.92. The van der Waals surface area contributed by atoms with Crippen molar-refractivity contribution in [3.05, 3.63) is 45.4 Å². The fraction of sp³-hybridized carbons (Fsp3) is 0.471. The number of aromatic nitrogens is 1. The van der Waals surface area contributed by atoms with Gasteiger partial charge in [0.2, 0.25) is 0 Å². The van der Waals surface area contributed by atoms with Gasteiger partial charge in [0, 0.05) is 22.4 Å². The minimum atomic E-state index is 0.766. The summed E-state index contributed by atoms with van der Waals surface area (Å²) in [5, 5.41) is 4.86. The fourth-order valence-electron chi connectivity index (χ4n) is 2.29. The van der Waals surface area contributed by atoms with Gasteiger partial charge in [-0.2, -0.15) is 0 Å². The van der Waals surface area contributed by atoms with Crippen LogP contribution in [0.1, 0.15) is 40.9 Å². The molecule has 1 saturated carbocycles. The number of hydrogen-bond donors (Lipinski definition) is 1. The zero-order valence-corrected chi connectivity index (χ0v) is 14.3. The maximum atomic E-state index is 4.82. The van der Waals surface area contributed by atoms with E-state index >= 15 is 0 Å². The Morgan fingerprint density at radius 1 is 1.38 bits per heavy atom. The molecule has 1 aromatic carbocycles. The van der Waals surface area contributed by atoms with Crippen molar-refractivity contribution in [2.75, 3.05) is 0 Å². The van der Waals surface area contributed by atoms with E-state index in [1.165, 1.54) is 38.9 Å². The van der Waals surface area contributed by atoms with E-state index in [1.807, 2.05) is 23.1 Å². The standard InChI is InChI=1S/C17H22N2S2/c1-3-15-16(10-18-13-7-8-13)21-17(19-15)11-20-14-6-4-5-12(2)9-14/h4-6,9,13,18H,3,7-8,10-11H2,1-2H3. The van der Waals surface area contributed by atoms with Gasteiger partial charge in [0.25, 0.3) is 0 Å². The van der Waals surface area contributed by atoms with Crippen molar-refractivity contribution >= 4 is 23.1 Å². The summed E-state index contributed by atoms with van der Waals surface area (Å²) in [6, 6.07) is 9.46. The Hall–Kier alpha value is -0.840. The highest BCUT2D eigenvalue weighted by Crippen LogP contribution is 2.28. The Labute approximate surface area is 135 Å². The number of nitrogens with one attached hydrogen (secondary N) is 1. The van der Waals surface area contributed by atoms with Gasteiger partial charge < -0.3 is 5.32 Å². The highest BCUT2D eigenvalue weighted by Gasteiger charge is 2.21. The van der Waals surface area contributed by atoms with Gasteiger partial charge in [-0.3, -0.25) is 0 Å². The van der Waals surface area contributed by atoms with Gasteiger partial charge in [0.1, 0.15) is 5.01 Å². The van der Waals surface area contributed by atoms with Crippen LogP contribution in [0.2, 0.25) is 0 Å². The molecule has 0 saturated heterocycles. The third-order valence-electron chi connectivity index (χ3n) is 3.64. The van der Waals surface area contributed by atoms with Crippen molar-refractivity contribution in [3.8, 4) is 0 Å². The maximum absolute atomic E-state index is 4.82.